The van der Waals surface area contributed by atoms with Crippen LogP contribution in [0, 0.1) is 0 Å². The lowest BCUT2D eigenvalue weighted by Gasteiger charge is -2.46. The number of amides is 1. The molecule has 1 spiro atoms. The first-order valence-electron chi connectivity index (χ1n) is 8.95. The molecule has 2 aliphatic rings. The van der Waals surface area contributed by atoms with Gasteiger partial charge in [-0.05, 0) is 30.5 Å². The Morgan fingerprint density at radius 1 is 1.16 bits per heavy atom. The second-order valence-corrected chi connectivity index (χ2v) is 7.32. The number of aromatic nitrogens is 3. The quantitative estimate of drug-likeness (QED) is 0.856. The molecule has 2 fully saturated rings. The third-order valence-electron chi connectivity index (χ3n) is 6.19. The molecule has 4 rings (SSSR count). The van der Waals surface area contributed by atoms with Gasteiger partial charge in [0, 0.05) is 64.3 Å². The predicted octanol–water partition coefficient (Wildman–Crippen LogP) is 1.80. The van der Waals surface area contributed by atoms with Crippen LogP contribution in [0.15, 0.2) is 36.9 Å². The van der Waals surface area contributed by atoms with Crippen molar-refractivity contribution in [3.63, 3.8) is 0 Å². The number of imidazole rings is 1. The van der Waals surface area contributed by atoms with Crippen molar-refractivity contribution in [3.05, 3.63) is 48.3 Å². The van der Waals surface area contributed by atoms with Gasteiger partial charge >= 0.3 is 0 Å². The van der Waals surface area contributed by atoms with Crippen LogP contribution in [-0.4, -0.2) is 55.9 Å². The van der Waals surface area contributed by atoms with Crippen LogP contribution in [0.3, 0.4) is 0 Å². The molecule has 6 nitrogen and oxygen atoms in total. The third-order valence-corrected chi connectivity index (χ3v) is 6.19. The highest BCUT2D eigenvalue weighted by molar-refractivity contribution is 5.81. The first-order chi connectivity index (χ1) is 12.1. The molecule has 0 aromatic carbocycles. The van der Waals surface area contributed by atoms with Crippen molar-refractivity contribution in [1.82, 2.24) is 24.3 Å². The molecule has 6 heteroatoms. The lowest BCUT2D eigenvalue weighted by molar-refractivity contribution is -0.130. The summed E-state index contributed by atoms with van der Waals surface area (Å²) in [5, 5.41) is 0. The maximum atomic E-state index is 12.5. The van der Waals surface area contributed by atoms with Gasteiger partial charge in [-0.2, -0.15) is 0 Å². The number of pyridine rings is 1. The molecule has 2 aliphatic heterocycles. The Morgan fingerprint density at radius 2 is 1.88 bits per heavy atom. The average molecular weight is 339 g/mol. The Bertz CT molecular complexity index is 748. The molecule has 0 aliphatic carbocycles. The zero-order valence-corrected chi connectivity index (χ0v) is 14.9. The van der Waals surface area contributed by atoms with Crippen LogP contribution in [0.25, 0.3) is 0 Å². The van der Waals surface area contributed by atoms with E-state index in [0.29, 0.717) is 6.42 Å². The van der Waals surface area contributed by atoms with Crippen LogP contribution in [-0.2, 0) is 18.4 Å². The minimum Gasteiger partial charge on any atom is -0.339 e. The van der Waals surface area contributed by atoms with E-state index in [1.165, 1.54) is 5.56 Å². The van der Waals surface area contributed by atoms with Crippen LogP contribution in [0.5, 0.6) is 0 Å². The largest absolute Gasteiger partial charge is 0.339 e. The Morgan fingerprint density at radius 3 is 2.52 bits per heavy atom. The fraction of sp³-hybridized carbons (Fsp3) is 0.526. The molecule has 0 radical (unpaired) electrons. The highest BCUT2D eigenvalue weighted by atomic mass is 16.2. The summed E-state index contributed by atoms with van der Waals surface area (Å²) in [5.74, 6) is 1.63. The third kappa shape index (κ3) is 2.74. The summed E-state index contributed by atoms with van der Waals surface area (Å²) in [6, 6.07) is 4.14. The van der Waals surface area contributed by atoms with Crippen molar-refractivity contribution in [2.75, 3.05) is 20.1 Å². The Kier molecular flexibility index (Phi) is 4.07. The van der Waals surface area contributed by atoms with E-state index in [9.17, 15) is 4.79 Å². The van der Waals surface area contributed by atoms with Gasteiger partial charge in [0.25, 0.3) is 0 Å². The van der Waals surface area contributed by atoms with Crippen LogP contribution in [0.1, 0.15) is 36.6 Å². The Labute approximate surface area is 148 Å². The number of hydrogen-bond acceptors (Lipinski definition) is 4. The van der Waals surface area contributed by atoms with Crippen molar-refractivity contribution in [2.24, 2.45) is 7.05 Å². The molecule has 0 unspecified atom stereocenters. The summed E-state index contributed by atoms with van der Waals surface area (Å²) in [6.45, 7) is 2.86. The average Bonchev–Trinajstić information content (AvgIpc) is 3.14. The van der Waals surface area contributed by atoms with Crippen molar-refractivity contribution >= 4 is 5.91 Å². The minimum atomic E-state index is -0.0590. The van der Waals surface area contributed by atoms with E-state index >= 15 is 0 Å². The van der Waals surface area contributed by atoms with Crippen LogP contribution in [0.2, 0.25) is 0 Å². The van der Waals surface area contributed by atoms with E-state index in [-0.39, 0.29) is 17.4 Å². The topological polar surface area (TPSA) is 54.3 Å². The zero-order chi connectivity index (χ0) is 17.4. The summed E-state index contributed by atoms with van der Waals surface area (Å²) in [7, 11) is 4.02. The molecule has 4 heterocycles. The maximum absolute atomic E-state index is 12.5. The molecule has 1 atom stereocenters. The smallest absolute Gasteiger partial charge is 0.223 e. The van der Waals surface area contributed by atoms with E-state index < -0.39 is 0 Å². The molecule has 0 bridgehead atoms. The number of aryl methyl sites for hydroxylation is 1. The van der Waals surface area contributed by atoms with E-state index in [0.717, 1.165) is 38.3 Å². The van der Waals surface area contributed by atoms with Crippen molar-refractivity contribution in [3.8, 4) is 0 Å². The van der Waals surface area contributed by atoms with E-state index in [4.69, 9.17) is 0 Å². The van der Waals surface area contributed by atoms with E-state index in [1.54, 1.807) is 0 Å². The van der Waals surface area contributed by atoms with Gasteiger partial charge in [-0.25, -0.2) is 4.98 Å². The van der Waals surface area contributed by atoms with E-state index in [1.807, 2.05) is 43.8 Å². The lowest BCUT2D eigenvalue weighted by atomic mass is 9.74. The fourth-order valence-electron chi connectivity index (χ4n) is 4.54. The summed E-state index contributed by atoms with van der Waals surface area (Å²) < 4.78 is 2.08. The summed E-state index contributed by atoms with van der Waals surface area (Å²) in [4.78, 5) is 25.5. The number of carbonyl (C=O) groups excluding carboxylic acids is 1. The van der Waals surface area contributed by atoms with Gasteiger partial charge in [0.05, 0.1) is 12.1 Å². The van der Waals surface area contributed by atoms with Crippen LogP contribution in [0.4, 0.5) is 0 Å². The highest BCUT2D eigenvalue weighted by Crippen LogP contribution is 2.48. The van der Waals surface area contributed by atoms with Crippen LogP contribution >= 0.6 is 0 Å². The van der Waals surface area contributed by atoms with Crippen molar-refractivity contribution < 1.29 is 4.79 Å². The Balaban J connectivity index is 1.53. The standard InChI is InChI=1S/C19H25N5O/c1-22-12-9-21-17(22)14-24-10-5-19(6-11-24)16(13-18(25)23(19)2)15-3-7-20-8-4-15/h3-4,7-9,12,16H,5-6,10-11,13-14H2,1-2H3/t16-/m1/s1. The predicted molar refractivity (Wildman–Crippen MR) is 94.8 cm³/mol. The number of carbonyl (C=O) groups is 1. The van der Waals surface area contributed by atoms with Gasteiger partial charge in [-0.1, -0.05) is 0 Å². The number of rotatable bonds is 3. The molecule has 0 saturated carbocycles. The molecule has 2 aromatic rings. The highest BCUT2D eigenvalue weighted by Gasteiger charge is 2.52. The number of nitrogens with zero attached hydrogens (tertiary/aromatic N) is 5. The summed E-state index contributed by atoms with van der Waals surface area (Å²) in [6.07, 6.45) is 10.1. The molecular weight excluding hydrogens is 314 g/mol. The first-order valence-corrected chi connectivity index (χ1v) is 8.95. The monoisotopic (exact) mass is 339 g/mol. The van der Waals surface area contributed by atoms with Gasteiger partial charge in [0.1, 0.15) is 5.82 Å². The minimum absolute atomic E-state index is 0.0590. The van der Waals surface area contributed by atoms with Gasteiger partial charge in [0.2, 0.25) is 5.91 Å². The van der Waals surface area contributed by atoms with Gasteiger partial charge in [0.15, 0.2) is 0 Å². The fourth-order valence-corrected chi connectivity index (χ4v) is 4.54. The number of likely N-dealkylation sites (tertiary alicyclic amines) is 2. The normalized spacial score (nSPS) is 23.5. The van der Waals surface area contributed by atoms with Gasteiger partial charge < -0.3 is 9.47 Å². The molecular formula is C19H25N5O. The van der Waals surface area contributed by atoms with Crippen LogP contribution < -0.4 is 0 Å². The number of piperidine rings is 1. The molecule has 1 amide bonds. The molecule has 132 valence electrons. The molecule has 2 aromatic heterocycles. The summed E-state index contributed by atoms with van der Waals surface area (Å²) >= 11 is 0. The number of hydrogen-bond donors (Lipinski definition) is 0. The second-order valence-electron chi connectivity index (χ2n) is 7.32. The Hall–Kier alpha value is -2.21. The van der Waals surface area contributed by atoms with E-state index in [2.05, 4.69) is 31.6 Å². The maximum Gasteiger partial charge on any atom is 0.223 e. The molecule has 25 heavy (non-hydrogen) atoms. The van der Waals surface area contributed by atoms with Gasteiger partial charge in [-0.15, -0.1) is 0 Å². The van der Waals surface area contributed by atoms with Crippen molar-refractivity contribution in [2.45, 2.75) is 37.3 Å². The second kappa shape index (κ2) is 6.26. The molecule has 2 saturated heterocycles. The lowest BCUT2D eigenvalue weighted by Crippen LogP contribution is -2.53. The summed E-state index contributed by atoms with van der Waals surface area (Å²) in [5.41, 5.74) is 1.18. The molecule has 0 N–H and O–H groups in total. The number of likely N-dealkylation sites (N-methyl/N-ethyl adjacent to an activating group) is 1. The van der Waals surface area contributed by atoms with Crippen molar-refractivity contribution in [1.29, 1.82) is 0 Å². The first kappa shape index (κ1) is 16.3. The SMILES string of the molecule is CN1C(=O)C[C@H](c2ccncc2)C12CCN(Cc1nccn1C)CC2. The van der Waals surface area contributed by atoms with Gasteiger partial charge in [-0.3, -0.25) is 14.7 Å². The zero-order valence-electron chi connectivity index (χ0n) is 14.9.